The van der Waals surface area contributed by atoms with Gasteiger partial charge in [0.2, 0.25) is 5.54 Å². The van der Waals surface area contributed by atoms with E-state index in [-0.39, 0.29) is 6.54 Å². The van der Waals surface area contributed by atoms with E-state index in [4.69, 9.17) is 4.63 Å². The molecule has 1 unspecified atom stereocenters. The van der Waals surface area contributed by atoms with Gasteiger partial charge in [0, 0.05) is 5.56 Å². The van der Waals surface area contributed by atoms with E-state index in [1.54, 1.807) is 24.3 Å². The Morgan fingerprint density at radius 1 is 1.07 bits per heavy atom. The van der Waals surface area contributed by atoms with Crippen molar-refractivity contribution < 1.29 is 19.0 Å². The Labute approximate surface area is 152 Å². The maximum Gasteiger partial charge on any atom is 0.323 e. The molecule has 0 radical (unpaired) electrons. The molecule has 2 aliphatic heterocycles. The number of carbonyl (C=O) groups excluding carboxylic acids is 3. The summed E-state index contributed by atoms with van der Waals surface area (Å²) in [5.74, 6) is -1.16. The van der Waals surface area contributed by atoms with Gasteiger partial charge in [0.15, 0.2) is 0 Å². The van der Waals surface area contributed by atoms with E-state index in [0.717, 1.165) is 11.1 Å². The van der Waals surface area contributed by atoms with Crippen molar-refractivity contribution in [2.75, 3.05) is 4.90 Å². The number of aryl methyl sites for hydroxylation is 1. The molecule has 0 aliphatic carbocycles. The van der Waals surface area contributed by atoms with Gasteiger partial charge in [-0.3, -0.25) is 14.9 Å². The SMILES string of the molecule is Cc1ccc2c(c1)C1(NC(=O)NC1=O)C(=O)N2Cc1ccc2nonc2c1. The van der Waals surface area contributed by atoms with Crippen LogP contribution in [0.5, 0.6) is 0 Å². The molecule has 1 saturated heterocycles. The molecule has 2 aliphatic rings. The van der Waals surface area contributed by atoms with Crippen molar-refractivity contribution in [2.45, 2.75) is 19.0 Å². The molecular weight excluding hydrogens is 350 g/mol. The molecule has 5 rings (SSSR count). The quantitative estimate of drug-likeness (QED) is 0.520. The summed E-state index contributed by atoms with van der Waals surface area (Å²) in [6.07, 6.45) is 0. The van der Waals surface area contributed by atoms with Crippen LogP contribution in [0.2, 0.25) is 0 Å². The molecule has 4 amide bonds. The third kappa shape index (κ3) is 2.02. The summed E-state index contributed by atoms with van der Waals surface area (Å²) < 4.78 is 4.70. The summed E-state index contributed by atoms with van der Waals surface area (Å²) >= 11 is 0. The van der Waals surface area contributed by atoms with Gasteiger partial charge in [0.25, 0.3) is 11.8 Å². The molecule has 9 heteroatoms. The minimum atomic E-state index is -1.72. The van der Waals surface area contributed by atoms with Crippen LogP contribution >= 0.6 is 0 Å². The van der Waals surface area contributed by atoms with E-state index in [1.165, 1.54) is 4.90 Å². The lowest BCUT2D eigenvalue weighted by Gasteiger charge is -2.21. The monoisotopic (exact) mass is 363 g/mol. The van der Waals surface area contributed by atoms with Gasteiger partial charge in [0.1, 0.15) is 11.0 Å². The predicted molar refractivity (Wildman–Crippen MR) is 92.5 cm³/mol. The lowest BCUT2D eigenvalue weighted by atomic mass is 9.90. The van der Waals surface area contributed by atoms with Gasteiger partial charge in [-0.15, -0.1) is 0 Å². The normalized spacial score (nSPS) is 21.1. The second-order valence-electron chi connectivity index (χ2n) is 6.66. The number of rotatable bonds is 2. The second kappa shape index (κ2) is 5.13. The Balaban J connectivity index is 1.62. The van der Waals surface area contributed by atoms with Crippen LogP contribution in [-0.2, 0) is 21.7 Å². The molecule has 0 saturated carbocycles. The fourth-order valence-corrected chi connectivity index (χ4v) is 3.67. The number of nitrogens with zero attached hydrogens (tertiary/aromatic N) is 3. The number of hydrogen-bond acceptors (Lipinski definition) is 6. The lowest BCUT2D eigenvalue weighted by molar-refractivity contribution is -0.134. The van der Waals surface area contributed by atoms with Crippen LogP contribution in [0.4, 0.5) is 10.5 Å². The zero-order valence-electron chi connectivity index (χ0n) is 14.1. The minimum Gasteiger partial charge on any atom is -0.312 e. The fraction of sp³-hybridized carbons (Fsp3) is 0.167. The number of fused-ring (bicyclic) bond motifs is 3. The van der Waals surface area contributed by atoms with E-state index in [1.807, 2.05) is 19.1 Å². The fourth-order valence-electron chi connectivity index (χ4n) is 3.67. The molecule has 0 bridgehead atoms. The highest BCUT2D eigenvalue weighted by atomic mass is 16.6. The third-order valence-electron chi connectivity index (χ3n) is 4.94. The maximum atomic E-state index is 13.3. The van der Waals surface area contributed by atoms with E-state index in [0.29, 0.717) is 22.3 Å². The lowest BCUT2D eigenvalue weighted by Crippen LogP contribution is -2.52. The van der Waals surface area contributed by atoms with Crippen molar-refractivity contribution in [3.8, 4) is 0 Å². The first-order chi connectivity index (χ1) is 13.0. The highest BCUT2D eigenvalue weighted by molar-refractivity contribution is 6.27. The molecule has 1 fully saturated rings. The summed E-state index contributed by atoms with van der Waals surface area (Å²) in [4.78, 5) is 39.1. The van der Waals surface area contributed by atoms with Crippen LogP contribution in [0.3, 0.4) is 0 Å². The molecular formula is C18H13N5O4. The molecule has 1 spiro atoms. The van der Waals surface area contributed by atoms with Gasteiger partial charge in [-0.1, -0.05) is 23.8 Å². The molecule has 134 valence electrons. The van der Waals surface area contributed by atoms with Crippen LogP contribution < -0.4 is 15.5 Å². The number of aromatic nitrogens is 2. The first-order valence-electron chi connectivity index (χ1n) is 8.27. The van der Waals surface area contributed by atoms with E-state index in [9.17, 15) is 14.4 Å². The standard InChI is InChI=1S/C18H13N5O4/c1-9-2-5-14-11(6-9)18(15(24)19-17(26)20-18)16(25)23(14)8-10-3-4-12-13(7-10)22-27-21-12/h2-7H,8H2,1H3,(H2,19,20,24,26). The zero-order valence-corrected chi connectivity index (χ0v) is 14.1. The van der Waals surface area contributed by atoms with Crippen molar-refractivity contribution in [1.82, 2.24) is 20.9 Å². The number of benzene rings is 2. The summed E-state index contributed by atoms with van der Waals surface area (Å²) in [7, 11) is 0. The third-order valence-corrected chi connectivity index (χ3v) is 4.94. The molecule has 1 aromatic heterocycles. The largest absolute Gasteiger partial charge is 0.323 e. The predicted octanol–water partition coefficient (Wildman–Crippen LogP) is 1.11. The number of nitrogens with one attached hydrogen (secondary N) is 2. The number of imide groups is 1. The summed E-state index contributed by atoms with van der Waals surface area (Å²) in [6.45, 7) is 2.07. The number of carbonyl (C=O) groups is 3. The van der Waals surface area contributed by atoms with E-state index >= 15 is 0 Å². The number of amides is 4. The number of hydrogen-bond donors (Lipinski definition) is 2. The number of urea groups is 1. The summed E-state index contributed by atoms with van der Waals surface area (Å²) in [5, 5.41) is 12.3. The highest BCUT2D eigenvalue weighted by Crippen LogP contribution is 2.43. The van der Waals surface area contributed by atoms with Crippen LogP contribution in [0.25, 0.3) is 11.0 Å². The zero-order chi connectivity index (χ0) is 18.8. The topological polar surface area (TPSA) is 117 Å². The van der Waals surface area contributed by atoms with Crippen molar-refractivity contribution >= 4 is 34.6 Å². The van der Waals surface area contributed by atoms with E-state index < -0.39 is 23.4 Å². The van der Waals surface area contributed by atoms with Gasteiger partial charge in [-0.2, -0.15) is 0 Å². The molecule has 2 N–H and O–H groups in total. The molecule has 3 aromatic rings. The summed E-state index contributed by atoms with van der Waals surface area (Å²) in [5.41, 5.74) is 2.19. The second-order valence-corrected chi connectivity index (χ2v) is 6.66. The molecule has 27 heavy (non-hydrogen) atoms. The first kappa shape index (κ1) is 15.5. The maximum absolute atomic E-state index is 13.3. The average molecular weight is 363 g/mol. The molecule has 2 aromatic carbocycles. The van der Waals surface area contributed by atoms with Crippen molar-refractivity contribution in [3.63, 3.8) is 0 Å². The van der Waals surface area contributed by atoms with Crippen LogP contribution in [0.15, 0.2) is 41.0 Å². The Morgan fingerprint density at radius 2 is 1.89 bits per heavy atom. The Morgan fingerprint density at radius 3 is 2.67 bits per heavy atom. The van der Waals surface area contributed by atoms with Crippen LogP contribution in [-0.4, -0.2) is 28.2 Å². The van der Waals surface area contributed by atoms with Gasteiger partial charge in [-0.05, 0) is 41.0 Å². The van der Waals surface area contributed by atoms with Gasteiger partial charge in [0.05, 0.1) is 12.2 Å². The van der Waals surface area contributed by atoms with Crippen molar-refractivity contribution in [3.05, 3.63) is 53.1 Å². The van der Waals surface area contributed by atoms with Gasteiger partial charge in [-0.25, -0.2) is 9.42 Å². The molecule has 9 nitrogen and oxygen atoms in total. The molecule has 1 atom stereocenters. The first-order valence-corrected chi connectivity index (χ1v) is 8.27. The van der Waals surface area contributed by atoms with Crippen molar-refractivity contribution in [1.29, 1.82) is 0 Å². The highest BCUT2D eigenvalue weighted by Gasteiger charge is 2.61. The Hall–Kier alpha value is -3.75. The Kier molecular flexibility index (Phi) is 2.95. The van der Waals surface area contributed by atoms with Crippen molar-refractivity contribution in [2.24, 2.45) is 0 Å². The molecule has 3 heterocycles. The number of anilines is 1. The smallest absolute Gasteiger partial charge is 0.312 e. The van der Waals surface area contributed by atoms with Crippen LogP contribution in [0.1, 0.15) is 16.7 Å². The van der Waals surface area contributed by atoms with Gasteiger partial charge < -0.3 is 10.2 Å². The Bertz CT molecular complexity index is 1150. The van der Waals surface area contributed by atoms with Crippen LogP contribution in [0, 0.1) is 6.92 Å². The summed E-state index contributed by atoms with van der Waals surface area (Å²) in [6, 6.07) is 10.0. The average Bonchev–Trinajstić information content (AvgIpc) is 3.28. The van der Waals surface area contributed by atoms with E-state index in [2.05, 4.69) is 20.9 Å². The minimum absolute atomic E-state index is 0.211. The van der Waals surface area contributed by atoms with Gasteiger partial charge >= 0.3 is 6.03 Å².